The Balaban J connectivity index is 1.66. The van der Waals surface area contributed by atoms with Gasteiger partial charge in [0.1, 0.15) is 22.5 Å². The number of hydrogen-bond donors (Lipinski definition) is 1. The van der Waals surface area contributed by atoms with E-state index in [0.717, 1.165) is 72.2 Å². The van der Waals surface area contributed by atoms with Gasteiger partial charge in [-0.3, -0.25) is 4.79 Å². The van der Waals surface area contributed by atoms with Crippen molar-refractivity contribution in [2.75, 3.05) is 7.11 Å². The molecule has 0 radical (unpaired) electrons. The van der Waals surface area contributed by atoms with Crippen LogP contribution in [0.3, 0.4) is 0 Å². The lowest BCUT2D eigenvalue weighted by Crippen LogP contribution is -2.34. The zero-order chi connectivity index (χ0) is 37.7. The van der Waals surface area contributed by atoms with E-state index in [4.69, 9.17) is 23.9 Å². The standard InChI is InChI=1S/C40H56N4O7/c1-25(2)49-37(46)29-21-30-35(33(24-29)48-11)43(10)36(42-30)32-23-28-19-18-27(26(3)41-38(47)51-40(7,8)9)22-31(28)44(32)20-16-14-12-13-15-17-34(45)50-39(4,5)6/h18-19,21-26H,12-17,20H2,1-11H3,(H,41,47)/t26-/m1/s1. The minimum atomic E-state index is -0.600. The lowest BCUT2D eigenvalue weighted by molar-refractivity contribution is -0.154. The van der Waals surface area contributed by atoms with E-state index >= 15 is 0 Å². The number of unbranched alkanes of at least 4 members (excludes halogenated alkanes) is 4. The van der Waals surface area contributed by atoms with Gasteiger partial charge in [-0.15, -0.1) is 0 Å². The molecule has 4 rings (SSSR count). The van der Waals surface area contributed by atoms with Crippen molar-refractivity contribution in [1.29, 1.82) is 0 Å². The van der Waals surface area contributed by atoms with E-state index in [1.165, 1.54) is 0 Å². The van der Waals surface area contributed by atoms with E-state index in [1.807, 2.05) is 80.0 Å². The number of rotatable bonds is 14. The molecule has 51 heavy (non-hydrogen) atoms. The minimum absolute atomic E-state index is 0.153. The number of benzene rings is 2. The fourth-order valence-electron chi connectivity index (χ4n) is 6.09. The average Bonchev–Trinajstić information content (AvgIpc) is 3.54. The molecule has 0 bridgehead atoms. The van der Waals surface area contributed by atoms with Crippen molar-refractivity contribution in [1.82, 2.24) is 19.4 Å². The highest BCUT2D eigenvalue weighted by Gasteiger charge is 2.23. The number of aromatic nitrogens is 3. The summed E-state index contributed by atoms with van der Waals surface area (Å²) in [5.41, 5.74) is 3.59. The van der Waals surface area contributed by atoms with Gasteiger partial charge in [-0.25, -0.2) is 14.6 Å². The maximum atomic E-state index is 12.8. The number of fused-ring (bicyclic) bond motifs is 2. The summed E-state index contributed by atoms with van der Waals surface area (Å²) in [4.78, 5) is 42.6. The SMILES string of the molecule is COc1cc(C(=O)OC(C)C)cc2nc(-c3cc4ccc([C@@H](C)NC(=O)OC(C)(C)C)cc4n3CCCCCCCC(=O)OC(C)(C)C)n(C)c12. The Morgan fingerprint density at radius 1 is 0.863 bits per heavy atom. The number of methoxy groups -OCH3 is 1. The van der Waals surface area contributed by atoms with E-state index < -0.39 is 23.3 Å². The number of nitrogens with zero attached hydrogens (tertiary/aromatic N) is 3. The number of esters is 2. The van der Waals surface area contributed by atoms with Crippen molar-refractivity contribution in [3.8, 4) is 17.3 Å². The number of ether oxygens (including phenoxy) is 4. The number of hydrogen-bond acceptors (Lipinski definition) is 8. The molecule has 4 aromatic rings. The van der Waals surface area contributed by atoms with Gasteiger partial charge < -0.3 is 33.4 Å². The Hall–Kier alpha value is -4.54. The lowest BCUT2D eigenvalue weighted by atomic mass is 10.1. The smallest absolute Gasteiger partial charge is 0.408 e. The quantitative estimate of drug-likeness (QED) is 0.0784. The molecule has 0 aliphatic carbocycles. The van der Waals surface area contributed by atoms with Crippen LogP contribution in [0.2, 0.25) is 0 Å². The molecule has 1 amide bonds. The highest BCUT2D eigenvalue weighted by atomic mass is 16.6. The van der Waals surface area contributed by atoms with Crippen molar-refractivity contribution >= 4 is 40.0 Å². The fourth-order valence-corrected chi connectivity index (χ4v) is 6.09. The first-order chi connectivity index (χ1) is 23.9. The molecule has 1 N–H and O–H groups in total. The molecule has 11 nitrogen and oxygen atoms in total. The fraction of sp³-hybridized carbons (Fsp3) is 0.550. The highest BCUT2D eigenvalue weighted by molar-refractivity contribution is 5.97. The van der Waals surface area contributed by atoms with E-state index in [2.05, 4.69) is 28.1 Å². The number of carbonyl (C=O) groups is 3. The third-order valence-electron chi connectivity index (χ3n) is 8.31. The van der Waals surface area contributed by atoms with Gasteiger partial charge in [0.15, 0.2) is 5.82 Å². The summed E-state index contributed by atoms with van der Waals surface area (Å²) in [5, 5.41) is 4.00. The number of amides is 1. The third kappa shape index (κ3) is 10.5. The second-order valence-electron chi connectivity index (χ2n) is 15.5. The normalized spacial score (nSPS) is 12.7. The molecule has 0 fully saturated rings. The van der Waals surface area contributed by atoms with Crippen molar-refractivity contribution in [2.24, 2.45) is 7.05 Å². The van der Waals surface area contributed by atoms with Gasteiger partial charge in [0, 0.05) is 30.9 Å². The van der Waals surface area contributed by atoms with Gasteiger partial charge in [-0.05, 0) is 105 Å². The Morgan fingerprint density at radius 2 is 1.53 bits per heavy atom. The maximum Gasteiger partial charge on any atom is 0.408 e. The van der Waals surface area contributed by atoms with Crippen LogP contribution in [0.4, 0.5) is 4.79 Å². The molecule has 2 heterocycles. The Labute approximate surface area is 302 Å². The number of imidazole rings is 1. The third-order valence-corrected chi connectivity index (χ3v) is 8.31. The van der Waals surface area contributed by atoms with Crippen LogP contribution < -0.4 is 10.1 Å². The zero-order valence-corrected chi connectivity index (χ0v) is 32.3. The molecular formula is C40H56N4O7. The van der Waals surface area contributed by atoms with Crippen molar-refractivity contribution in [3.63, 3.8) is 0 Å². The Kier molecular flexibility index (Phi) is 12.5. The summed E-state index contributed by atoms with van der Waals surface area (Å²) in [6, 6.07) is 11.5. The average molecular weight is 705 g/mol. The number of alkyl carbamates (subject to hydrolysis) is 1. The van der Waals surface area contributed by atoms with E-state index in [1.54, 1.807) is 19.2 Å². The second-order valence-corrected chi connectivity index (χ2v) is 15.5. The summed E-state index contributed by atoms with van der Waals surface area (Å²) >= 11 is 0. The molecule has 0 unspecified atom stereocenters. The van der Waals surface area contributed by atoms with Gasteiger partial charge in [0.2, 0.25) is 0 Å². The van der Waals surface area contributed by atoms with Crippen LogP contribution in [0.5, 0.6) is 5.75 Å². The van der Waals surface area contributed by atoms with Crippen molar-refractivity contribution < 1.29 is 33.3 Å². The van der Waals surface area contributed by atoms with E-state index in [-0.39, 0.29) is 18.1 Å². The van der Waals surface area contributed by atoms with Crippen LogP contribution in [0.1, 0.15) is 123 Å². The number of carbonyl (C=O) groups excluding carboxylic acids is 3. The minimum Gasteiger partial charge on any atom is -0.494 e. The summed E-state index contributed by atoms with van der Waals surface area (Å²) in [6.45, 7) is 17.5. The monoisotopic (exact) mass is 704 g/mol. The van der Waals surface area contributed by atoms with Gasteiger partial charge in [0.25, 0.3) is 0 Å². The predicted octanol–water partition coefficient (Wildman–Crippen LogP) is 9.04. The van der Waals surface area contributed by atoms with Gasteiger partial charge in [-0.1, -0.05) is 31.4 Å². The van der Waals surface area contributed by atoms with E-state index in [0.29, 0.717) is 23.3 Å². The predicted molar refractivity (Wildman–Crippen MR) is 200 cm³/mol. The largest absolute Gasteiger partial charge is 0.494 e. The van der Waals surface area contributed by atoms with Crippen LogP contribution in [0, 0.1) is 0 Å². The molecule has 0 spiro atoms. The first kappa shape index (κ1) is 39.2. The summed E-state index contributed by atoms with van der Waals surface area (Å²) < 4.78 is 26.4. The summed E-state index contributed by atoms with van der Waals surface area (Å²) in [5.74, 6) is 0.676. The highest BCUT2D eigenvalue weighted by Crippen LogP contribution is 2.35. The van der Waals surface area contributed by atoms with Gasteiger partial charge in [-0.2, -0.15) is 0 Å². The molecule has 1 atom stereocenters. The molecule has 0 aliphatic rings. The van der Waals surface area contributed by atoms with Gasteiger partial charge >= 0.3 is 18.0 Å². The first-order valence-electron chi connectivity index (χ1n) is 18.0. The Morgan fingerprint density at radius 3 is 2.18 bits per heavy atom. The summed E-state index contributed by atoms with van der Waals surface area (Å²) in [6.07, 6.45) is 4.34. The van der Waals surface area contributed by atoms with Crippen LogP contribution in [-0.4, -0.2) is 56.6 Å². The van der Waals surface area contributed by atoms with Crippen LogP contribution >= 0.6 is 0 Å². The molecule has 11 heteroatoms. The lowest BCUT2D eigenvalue weighted by Gasteiger charge is -2.22. The van der Waals surface area contributed by atoms with Gasteiger partial charge in [0.05, 0.1) is 36.0 Å². The second kappa shape index (κ2) is 16.2. The topological polar surface area (TPSA) is 123 Å². The Bertz CT molecular complexity index is 1860. The van der Waals surface area contributed by atoms with Crippen LogP contribution in [0.25, 0.3) is 33.5 Å². The van der Waals surface area contributed by atoms with E-state index in [9.17, 15) is 14.4 Å². The summed E-state index contributed by atoms with van der Waals surface area (Å²) in [7, 11) is 3.53. The molecule has 278 valence electrons. The van der Waals surface area contributed by atoms with Crippen molar-refractivity contribution in [2.45, 2.75) is 131 Å². The van der Waals surface area contributed by atoms with Crippen molar-refractivity contribution in [3.05, 3.63) is 47.5 Å². The van der Waals surface area contributed by atoms with Crippen LogP contribution in [-0.2, 0) is 32.6 Å². The zero-order valence-electron chi connectivity index (χ0n) is 32.3. The molecule has 2 aromatic heterocycles. The number of nitrogens with one attached hydrogen (secondary N) is 1. The first-order valence-corrected chi connectivity index (χ1v) is 18.0. The molecule has 0 aliphatic heterocycles. The molecular weight excluding hydrogens is 648 g/mol. The molecule has 0 saturated heterocycles. The number of aryl methyl sites for hydroxylation is 2. The van der Waals surface area contributed by atoms with Crippen LogP contribution in [0.15, 0.2) is 36.4 Å². The molecule has 0 saturated carbocycles. The maximum absolute atomic E-state index is 12.8. The molecule has 2 aromatic carbocycles.